The maximum Gasteiger partial charge on any atom is 0.338 e. The molecule has 0 fully saturated rings. The molecule has 0 aliphatic carbocycles. The molecule has 1 unspecified atom stereocenters. The van der Waals surface area contributed by atoms with Crippen molar-refractivity contribution in [3.8, 4) is 5.75 Å². The van der Waals surface area contributed by atoms with Crippen molar-refractivity contribution in [3.63, 3.8) is 0 Å². The number of benzene rings is 4. The average Bonchev–Trinajstić information content (AvgIpc) is 3.09. The van der Waals surface area contributed by atoms with Crippen LogP contribution in [0.15, 0.2) is 114 Å². The van der Waals surface area contributed by atoms with Gasteiger partial charge in [-0.1, -0.05) is 49.7 Å². The second-order valence-electron chi connectivity index (χ2n) is 10.7. The minimum absolute atomic E-state index is 0.0547. The predicted molar refractivity (Wildman–Crippen MR) is 190 cm³/mol. The summed E-state index contributed by atoms with van der Waals surface area (Å²) >= 11 is 1.32. The summed E-state index contributed by atoms with van der Waals surface area (Å²) in [6.45, 7) is 6.61. The fourth-order valence-electron chi connectivity index (χ4n) is 4.37. The van der Waals surface area contributed by atoms with Crippen LogP contribution in [-0.4, -0.2) is 42.2 Å². The van der Waals surface area contributed by atoms with Crippen LogP contribution in [0.2, 0.25) is 0 Å². The Balaban J connectivity index is 1.41. The van der Waals surface area contributed by atoms with Gasteiger partial charge in [0.15, 0.2) is 0 Å². The Bertz CT molecular complexity index is 1720. The third-order valence-electron chi connectivity index (χ3n) is 6.92. The Morgan fingerprint density at radius 3 is 2.21 bits per heavy atom. The molecule has 9 nitrogen and oxygen atoms in total. The first kappa shape index (κ1) is 35.5. The largest absolute Gasteiger partial charge is 0.494 e. The van der Waals surface area contributed by atoms with Crippen molar-refractivity contribution >= 4 is 52.9 Å². The van der Waals surface area contributed by atoms with E-state index in [1.54, 1.807) is 104 Å². The van der Waals surface area contributed by atoms with Crippen LogP contribution in [0.3, 0.4) is 0 Å². The van der Waals surface area contributed by atoms with Crippen LogP contribution in [-0.2, 0) is 14.3 Å². The van der Waals surface area contributed by atoms with Gasteiger partial charge in [0, 0.05) is 21.8 Å². The molecule has 0 radical (unpaired) electrons. The Morgan fingerprint density at radius 1 is 0.792 bits per heavy atom. The third kappa shape index (κ3) is 10.9. The van der Waals surface area contributed by atoms with Crippen LogP contribution in [0.5, 0.6) is 5.75 Å². The van der Waals surface area contributed by atoms with E-state index in [1.165, 1.54) is 11.8 Å². The van der Waals surface area contributed by atoms with Crippen LogP contribution >= 0.6 is 11.8 Å². The Labute approximate surface area is 285 Å². The first-order chi connectivity index (χ1) is 23.2. The van der Waals surface area contributed by atoms with Crippen LogP contribution in [0.1, 0.15) is 59.9 Å². The quantitative estimate of drug-likeness (QED) is 0.0518. The van der Waals surface area contributed by atoms with Gasteiger partial charge in [0.05, 0.1) is 24.0 Å². The summed E-state index contributed by atoms with van der Waals surface area (Å²) < 4.78 is 10.7. The van der Waals surface area contributed by atoms with E-state index >= 15 is 0 Å². The number of esters is 1. The van der Waals surface area contributed by atoms with E-state index in [4.69, 9.17) is 9.47 Å². The van der Waals surface area contributed by atoms with E-state index in [2.05, 4.69) is 16.0 Å². The molecule has 48 heavy (non-hydrogen) atoms. The number of rotatable bonds is 15. The molecule has 4 rings (SSSR count). The number of ether oxygens (including phenoxy) is 2. The highest BCUT2D eigenvalue weighted by molar-refractivity contribution is 8.00. The lowest BCUT2D eigenvalue weighted by Crippen LogP contribution is -2.30. The van der Waals surface area contributed by atoms with E-state index < -0.39 is 23.0 Å². The molecule has 0 aliphatic heterocycles. The molecule has 248 valence electrons. The summed E-state index contributed by atoms with van der Waals surface area (Å²) in [7, 11) is 0. The SMILES string of the molecule is CCCCOC(=O)c1ccc(NC(=O)C(C)Sc2cccc(NC(=O)/C(=C\c3ccc(OCC)cc3)NC(=O)c3ccccc3)c2)cc1. The molecule has 0 aromatic heterocycles. The van der Waals surface area contributed by atoms with Crippen LogP contribution in [0, 0.1) is 0 Å². The normalized spacial score (nSPS) is 11.6. The number of carbonyl (C=O) groups is 4. The van der Waals surface area contributed by atoms with E-state index in [0.717, 1.165) is 17.7 Å². The lowest BCUT2D eigenvalue weighted by Gasteiger charge is -2.14. The smallest absolute Gasteiger partial charge is 0.338 e. The van der Waals surface area contributed by atoms with Gasteiger partial charge in [-0.05, 0) is 98.6 Å². The predicted octanol–water partition coefficient (Wildman–Crippen LogP) is 7.57. The Hall–Kier alpha value is -5.35. The highest BCUT2D eigenvalue weighted by Crippen LogP contribution is 2.27. The molecule has 0 spiro atoms. The zero-order chi connectivity index (χ0) is 34.3. The van der Waals surface area contributed by atoms with Gasteiger partial charge in [0.1, 0.15) is 11.4 Å². The number of hydrogen-bond donors (Lipinski definition) is 3. The van der Waals surface area contributed by atoms with E-state index in [0.29, 0.717) is 47.0 Å². The molecule has 0 saturated carbocycles. The molecule has 1 atom stereocenters. The number of amides is 3. The summed E-state index contributed by atoms with van der Waals surface area (Å²) in [5.41, 5.74) is 2.63. The minimum Gasteiger partial charge on any atom is -0.494 e. The lowest BCUT2D eigenvalue weighted by molar-refractivity contribution is -0.115. The van der Waals surface area contributed by atoms with Gasteiger partial charge in [-0.15, -0.1) is 11.8 Å². The summed E-state index contributed by atoms with van der Waals surface area (Å²) in [4.78, 5) is 52.4. The van der Waals surface area contributed by atoms with Crippen molar-refractivity contribution in [1.29, 1.82) is 0 Å². The first-order valence-electron chi connectivity index (χ1n) is 15.7. The molecule has 3 N–H and O–H groups in total. The molecule has 4 aromatic rings. The monoisotopic (exact) mass is 665 g/mol. The number of thioether (sulfide) groups is 1. The van der Waals surface area contributed by atoms with Gasteiger partial charge >= 0.3 is 5.97 Å². The molecule has 0 heterocycles. The van der Waals surface area contributed by atoms with Crippen molar-refractivity contribution in [2.24, 2.45) is 0 Å². The Kier molecular flexibility index (Phi) is 13.4. The highest BCUT2D eigenvalue weighted by atomic mass is 32.2. The minimum atomic E-state index is -0.515. The fraction of sp³-hybridized carbons (Fsp3) is 0.211. The van der Waals surface area contributed by atoms with Crippen molar-refractivity contribution in [2.75, 3.05) is 23.8 Å². The number of anilines is 2. The maximum absolute atomic E-state index is 13.5. The lowest BCUT2D eigenvalue weighted by atomic mass is 10.1. The number of hydrogen-bond acceptors (Lipinski definition) is 7. The standard InChI is InChI=1S/C38H39N3O6S/c1-4-6-23-47-38(45)29-17-19-30(20-18-29)39-35(42)26(3)48-33-14-10-13-31(25-33)40-37(44)34(41-36(43)28-11-8-7-9-12-28)24-27-15-21-32(22-16-27)46-5-2/h7-22,24-26H,4-6,23H2,1-3H3,(H,39,42)(H,40,44)(H,41,43)/b34-24+. The summed E-state index contributed by atoms with van der Waals surface area (Å²) in [6, 6.07) is 29.5. The van der Waals surface area contributed by atoms with E-state index in [1.807, 2.05) is 26.0 Å². The number of nitrogens with one attached hydrogen (secondary N) is 3. The highest BCUT2D eigenvalue weighted by Gasteiger charge is 2.18. The van der Waals surface area contributed by atoms with E-state index in [9.17, 15) is 19.2 Å². The first-order valence-corrected chi connectivity index (χ1v) is 16.6. The molecular formula is C38H39N3O6S. The summed E-state index contributed by atoms with van der Waals surface area (Å²) in [5.74, 6) is -0.859. The Morgan fingerprint density at radius 2 is 1.52 bits per heavy atom. The molecule has 0 aliphatic rings. The molecule has 4 aromatic carbocycles. The summed E-state index contributed by atoms with van der Waals surface area (Å²) in [6.07, 6.45) is 3.34. The molecule has 10 heteroatoms. The zero-order valence-corrected chi connectivity index (χ0v) is 28.0. The molecular weight excluding hydrogens is 627 g/mol. The van der Waals surface area contributed by atoms with Gasteiger partial charge in [-0.3, -0.25) is 14.4 Å². The topological polar surface area (TPSA) is 123 Å². The third-order valence-corrected chi connectivity index (χ3v) is 8.02. The second-order valence-corrected chi connectivity index (χ2v) is 12.1. The van der Waals surface area contributed by atoms with Crippen LogP contribution in [0.25, 0.3) is 6.08 Å². The second kappa shape index (κ2) is 18.1. The van der Waals surface area contributed by atoms with Crippen molar-refractivity contribution < 1.29 is 28.7 Å². The van der Waals surface area contributed by atoms with Gasteiger partial charge in [0.25, 0.3) is 11.8 Å². The van der Waals surface area contributed by atoms with Crippen LogP contribution < -0.4 is 20.7 Å². The molecule has 0 bridgehead atoms. The average molecular weight is 666 g/mol. The number of unbranched alkanes of at least 4 members (excludes halogenated alkanes) is 1. The number of carbonyl (C=O) groups excluding carboxylic acids is 4. The van der Waals surface area contributed by atoms with Crippen molar-refractivity contribution in [3.05, 3.63) is 126 Å². The van der Waals surface area contributed by atoms with Gasteiger partial charge in [-0.2, -0.15) is 0 Å². The maximum atomic E-state index is 13.5. The summed E-state index contributed by atoms with van der Waals surface area (Å²) in [5, 5.41) is 8.00. The fourth-order valence-corrected chi connectivity index (χ4v) is 5.29. The van der Waals surface area contributed by atoms with Gasteiger partial charge < -0.3 is 25.4 Å². The van der Waals surface area contributed by atoms with Crippen molar-refractivity contribution in [1.82, 2.24) is 5.32 Å². The molecule has 0 saturated heterocycles. The van der Waals surface area contributed by atoms with Gasteiger partial charge in [0.2, 0.25) is 5.91 Å². The van der Waals surface area contributed by atoms with Crippen molar-refractivity contribution in [2.45, 2.75) is 43.8 Å². The van der Waals surface area contributed by atoms with Gasteiger partial charge in [-0.25, -0.2) is 4.79 Å². The van der Waals surface area contributed by atoms with E-state index in [-0.39, 0.29) is 11.6 Å². The van der Waals surface area contributed by atoms with Crippen LogP contribution in [0.4, 0.5) is 11.4 Å². The zero-order valence-electron chi connectivity index (χ0n) is 27.2. The molecule has 3 amide bonds.